The van der Waals surface area contributed by atoms with Crippen molar-refractivity contribution >= 4 is 23.2 Å². The van der Waals surface area contributed by atoms with Gasteiger partial charge in [-0.2, -0.15) is 0 Å². The summed E-state index contributed by atoms with van der Waals surface area (Å²) in [6.07, 6.45) is -0.0609. The number of alkyl halides is 1. The molecule has 2 amide bonds. The molecule has 3 fully saturated rings. The van der Waals surface area contributed by atoms with E-state index in [1.165, 1.54) is 6.20 Å². The summed E-state index contributed by atoms with van der Waals surface area (Å²) < 4.78 is 28.9. The van der Waals surface area contributed by atoms with Crippen LogP contribution < -0.4 is 21.3 Å². The molecule has 0 spiro atoms. The molecule has 3 aliphatic rings. The van der Waals surface area contributed by atoms with E-state index in [1.54, 1.807) is 16.8 Å². The minimum atomic E-state index is -1.41. The number of nitrogens with one attached hydrogen (secondary N) is 2. The van der Waals surface area contributed by atoms with Gasteiger partial charge >= 0.3 is 0 Å². The maximum absolute atomic E-state index is 15.1. The van der Waals surface area contributed by atoms with Crippen LogP contribution in [0.5, 0.6) is 0 Å². The summed E-state index contributed by atoms with van der Waals surface area (Å²) in [6.45, 7) is 7.56. The summed E-state index contributed by atoms with van der Waals surface area (Å²) in [5.74, 6) is -2.36. The van der Waals surface area contributed by atoms with Crippen LogP contribution in [0, 0.1) is 22.6 Å². The van der Waals surface area contributed by atoms with Gasteiger partial charge in [0.2, 0.25) is 11.8 Å². The van der Waals surface area contributed by atoms with Crippen molar-refractivity contribution in [1.29, 1.82) is 0 Å². The van der Waals surface area contributed by atoms with E-state index in [0.717, 1.165) is 25.7 Å². The molecule has 4 N–H and O–H groups in total. The summed E-state index contributed by atoms with van der Waals surface area (Å²) in [5.41, 5.74) is 6.16. The van der Waals surface area contributed by atoms with Crippen LogP contribution >= 0.6 is 0 Å². The number of amides is 2. The van der Waals surface area contributed by atoms with Crippen molar-refractivity contribution in [2.45, 2.75) is 44.8 Å². The lowest BCUT2D eigenvalue weighted by Gasteiger charge is -2.40. The van der Waals surface area contributed by atoms with Crippen LogP contribution in [0.1, 0.15) is 20.3 Å². The summed E-state index contributed by atoms with van der Waals surface area (Å²) in [4.78, 5) is 49.2. The van der Waals surface area contributed by atoms with Crippen LogP contribution in [-0.2, 0) is 9.59 Å². The van der Waals surface area contributed by atoms with Gasteiger partial charge in [0.05, 0.1) is 30.2 Å². The Bertz CT molecular complexity index is 1040. The zero-order valence-corrected chi connectivity index (χ0v) is 22.7. The lowest BCUT2D eigenvalue weighted by Crippen LogP contribution is -2.62. The number of halogens is 2. The molecule has 14 heteroatoms. The average molecular weight is 552 g/mol. The average Bonchev–Trinajstić information content (AvgIpc) is 3.41. The molecule has 1 aromatic rings. The molecule has 0 radical (unpaired) electrons. The molecule has 0 bridgehead atoms. The summed E-state index contributed by atoms with van der Waals surface area (Å²) in [7, 11) is 1.61. The van der Waals surface area contributed by atoms with Crippen molar-refractivity contribution < 1.29 is 18.4 Å². The smallest absolute Gasteiger partial charge is 0.234 e. The number of hydrogen-bond acceptors (Lipinski definition) is 10. The molecule has 216 valence electrons. The second-order valence-electron chi connectivity index (χ2n) is 10.9. The first-order valence-electron chi connectivity index (χ1n) is 13.5. The minimum absolute atomic E-state index is 0.00348. The Balaban J connectivity index is 1.45. The fraction of sp³-hybridized carbons (Fsp3) is 0.720. The molecule has 39 heavy (non-hydrogen) atoms. The standard InChI is InChI=1S/C25H39F2N9O3/c1-15(2)36-5-4-16(13-36)25(38)35-8-6-34(7-9-35)21-18(27)11-29-12-19(21)31-24(37)20(22(28)32-39)23-30-10-17(26)14-33(23)3/h11-12,15-17,20,22-23,30H,4-10,13-14,28H2,1-3H3,(H,31,37). The molecule has 3 saturated heterocycles. The van der Waals surface area contributed by atoms with E-state index in [1.807, 2.05) is 4.90 Å². The third kappa shape index (κ3) is 6.51. The lowest BCUT2D eigenvalue weighted by atomic mass is 9.98. The maximum atomic E-state index is 15.1. The van der Waals surface area contributed by atoms with E-state index in [2.05, 4.69) is 39.5 Å². The Morgan fingerprint density at radius 2 is 1.90 bits per heavy atom. The van der Waals surface area contributed by atoms with Crippen LogP contribution in [0.4, 0.5) is 20.2 Å². The van der Waals surface area contributed by atoms with Gasteiger partial charge in [-0.15, -0.1) is 4.91 Å². The zero-order valence-electron chi connectivity index (χ0n) is 22.7. The third-order valence-corrected chi connectivity index (χ3v) is 7.98. The highest BCUT2D eigenvalue weighted by Crippen LogP contribution is 2.31. The van der Waals surface area contributed by atoms with Gasteiger partial charge < -0.3 is 25.8 Å². The van der Waals surface area contributed by atoms with E-state index in [-0.39, 0.29) is 36.3 Å². The number of carbonyl (C=O) groups is 2. The predicted octanol–water partition coefficient (Wildman–Crippen LogP) is 0.405. The molecule has 3 aliphatic heterocycles. The molecule has 0 aliphatic carbocycles. The number of carbonyl (C=O) groups excluding carboxylic acids is 2. The van der Waals surface area contributed by atoms with E-state index in [0.29, 0.717) is 32.2 Å². The zero-order chi connectivity index (χ0) is 28.3. The van der Waals surface area contributed by atoms with Crippen molar-refractivity contribution in [3.8, 4) is 0 Å². The summed E-state index contributed by atoms with van der Waals surface area (Å²) in [5, 5.41) is 8.43. The van der Waals surface area contributed by atoms with Crippen molar-refractivity contribution in [1.82, 2.24) is 25.0 Å². The number of pyridine rings is 1. The molecule has 5 unspecified atom stereocenters. The Hall–Kier alpha value is -2.81. The monoisotopic (exact) mass is 551 g/mol. The van der Waals surface area contributed by atoms with Crippen molar-refractivity contribution in [2.24, 2.45) is 22.7 Å². The molecule has 4 heterocycles. The van der Waals surface area contributed by atoms with Crippen LogP contribution in [0.2, 0.25) is 0 Å². The van der Waals surface area contributed by atoms with Crippen LogP contribution in [-0.4, -0.2) is 115 Å². The van der Waals surface area contributed by atoms with Crippen LogP contribution in [0.3, 0.4) is 0 Å². The van der Waals surface area contributed by atoms with Gasteiger partial charge in [0.1, 0.15) is 17.8 Å². The molecule has 5 atom stereocenters. The predicted molar refractivity (Wildman–Crippen MR) is 143 cm³/mol. The number of nitroso groups, excluding NO2 is 1. The molecule has 1 aromatic heterocycles. The number of aromatic nitrogens is 1. The van der Waals surface area contributed by atoms with Gasteiger partial charge in [-0.05, 0) is 33.9 Å². The topological polar surface area (TPSA) is 140 Å². The molecule has 12 nitrogen and oxygen atoms in total. The highest BCUT2D eigenvalue weighted by Gasteiger charge is 2.41. The largest absolute Gasteiger partial charge is 0.364 e. The number of hydrogen-bond donors (Lipinski definition) is 3. The second-order valence-corrected chi connectivity index (χ2v) is 10.9. The highest BCUT2D eigenvalue weighted by molar-refractivity contribution is 5.96. The van der Waals surface area contributed by atoms with Crippen molar-refractivity contribution in [3.05, 3.63) is 23.1 Å². The van der Waals surface area contributed by atoms with E-state index < -0.39 is 36.1 Å². The minimum Gasteiger partial charge on any atom is -0.364 e. The quantitative estimate of drug-likeness (QED) is 0.392. The maximum Gasteiger partial charge on any atom is 0.234 e. The first-order valence-corrected chi connectivity index (χ1v) is 13.5. The van der Waals surface area contributed by atoms with E-state index in [9.17, 15) is 18.9 Å². The first-order chi connectivity index (χ1) is 18.6. The normalized spacial score (nSPS) is 26.5. The Kier molecular flexibility index (Phi) is 9.41. The second kappa shape index (κ2) is 12.6. The van der Waals surface area contributed by atoms with Crippen LogP contribution in [0.25, 0.3) is 0 Å². The van der Waals surface area contributed by atoms with Gasteiger partial charge in [0.15, 0.2) is 12.0 Å². The summed E-state index contributed by atoms with van der Waals surface area (Å²) in [6, 6.07) is 0.398. The Morgan fingerprint density at radius 3 is 2.51 bits per heavy atom. The molecule has 0 saturated carbocycles. The number of likely N-dealkylation sites (tertiary alicyclic amines) is 1. The SMILES string of the molecule is CC(C)N1CCC(C(=O)N2CCN(c3c(F)cncc3NC(=O)C(C(N)N=O)C3NCC(F)CN3C)CC2)C1. The first kappa shape index (κ1) is 29.2. The molecular weight excluding hydrogens is 512 g/mol. The van der Waals surface area contributed by atoms with Gasteiger partial charge in [-0.3, -0.25) is 24.8 Å². The molecule has 0 aromatic carbocycles. The summed E-state index contributed by atoms with van der Waals surface area (Å²) >= 11 is 0. The number of nitrogens with two attached hydrogens (primary N) is 1. The molecule has 4 rings (SSSR count). The number of piperazine rings is 1. The molecular formula is C25H39F2N9O3. The third-order valence-electron chi connectivity index (χ3n) is 7.98. The van der Waals surface area contributed by atoms with Gasteiger partial charge in [0.25, 0.3) is 0 Å². The van der Waals surface area contributed by atoms with Crippen molar-refractivity contribution in [2.75, 3.05) is 69.6 Å². The van der Waals surface area contributed by atoms with Crippen LogP contribution in [0.15, 0.2) is 17.6 Å². The van der Waals surface area contributed by atoms with E-state index >= 15 is 4.39 Å². The Morgan fingerprint density at radius 1 is 1.18 bits per heavy atom. The number of anilines is 2. The van der Waals surface area contributed by atoms with Gasteiger partial charge in [-0.25, -0.2) is 8.78 Å². The number of nitrogens with zero attached hydrogens (tertiary/aromatic N) is 6. The van der Waals surface area contributed by atoms with Crippen molar-refractivity contribution in [3.63, 3.8) is 0 Å². The number of rotatable bonds is 8. The fourth-order valence-corrected chi connectivity index (χ4v) is 5.77. The lowest BCUT2D eigenvalue weighted by molar-refractivity contribution is -0.135. The van der Waals surface area contributed by atoms with E-state index in [4.69, 9.17) is 5.73 Å². The highest BCUT2D eigenvalue weighted by atomic mass is 19.1. The van der Waals surface area contributed by atoms with Gasteiger partial charge in [0, 0.05) is 51.9 Å². The van der Waals surface area contributed by atoms with Gasteiger partial charge in [-0.1, -0.05) is 5.18 Å². The Labute approximate surface area is 227 Å². The fourth-order valence-electron chi connectivity index (χ4n) is 5.77.